The van der Waals surface area contributed by atoms with Crippen molar-refractivity contribution in [2.75, 3.05) is 12.3 Å². The van der Waals surface area contributed by atoms with Gasteiger partial charge in [-0.3, -0.25) is 0 Å². The van der Waals surface area contributed by atoms with Crippen LogP contribution in [-0.2, 0) is 0 Å². The number of nitriles is 1. The van der Waals surface area contributed by atoms with Crippen LogP contribution in [0.1, 0.15) is 19.4 Å². The number of aromatic nitrogens is 1. The number of rotatable bonds is 4. The molecule has 2 rings (SSSR count). The number of nitrogen functional groups attached to an aromatic ring is 1. The Bertz CT molecular complexity index is 591. The second kappa shape index (κ2) is 5.49. The predicted octanol–water partition coefficient (Wildman–Crippen LogP) is 3.17. The molecule has 0 spiro atoms. The van der Waals surface area contributed by atoms with Gasteiger partial charge in [0.15, 0.2) is 0 Å². The second-order valence-electron chi connectivity index (χ2n) is 4.83. The monoisotopic (exact) mass is 255 g/mol. The molecule has 0 aliphatic carbocycles. The number of H-pyrrole nitrogens is 1. The zero-order chi connectivity index (χ0) is 13.8. The van der Waals surface area contributed by atoms with Crippen molar-refractivity contribution in [2.45, 2.75) is 13.8 Å². The number of hydrogen-bond acceptors (Lipinski definition) is 3. The molecular formula is C15H17N3O. The highest BCUT2D eigenvalue weighted by Gasteiger charge is 2.10. The van der Waals surface area contributed by atoms with Gasteiger partial charge >= 0.3 is 0 Å². The molecule has 0 saturated heterocycles. The minimum Gasteiger partial charge on any atom is -0.493 e. The number of nitrogens with one attached hydrogen (secondary N) is 1. The van der Waals surface area contributed by atoms with Crippen LogP contribution in [0.5, 0.6) is 5.75 Å². The Kier molecular flexibility index (Phi) is 3.76. The molecule has 0 amide bonds. The molecular weight excluding hydrogens is 238 g/mol. The molecule has 0 fully saturated rings. The Labute approximate surface area is 112 Å². The third-order valence-electron chi connectivity index (χ3n) is 2.77. The summed E-state index contributed by atoms with van der Waals surface area (Å²) in [5, 5.41) is 9.07. The summed E-state index contributed by atoms with van der Waals surface area (Å²) in [7, 11) is 0. The summed E-state index contributed by atoms with van der Waals surface area (Å²) >= 11 is 0. The van der Waals surface area contributed by atoms with Crippen LogP contribution in [0.25, 0.3) is 11.1 Å². The molecule has 1 heterocycles. The fraction of sp³-hybridized carbons (Fsp3) is 0.267. The molecule has 19 heavy (non-hydrogen) atoms. The predicted molar refractivity (Wildman–Crippen MR) is 75.7 cm³/mol. The van der Waals surface area contributed by atoms with Gasteiger partial charge in [0.25, 0.3) is 0 Å². The maximum absolute atomic E-state index is 9.07. The second-order valence-corrected chi connectivity index (χ2v) is 4.83. The van der Waals surface area contributed by atoms with Crippen molar-refractivity contribution in [3.05, 3.63) is 36.0 Å². The molecule has 0 saturated carbocycles. The zero-order valence-electron chi connectivity index (χ0n) is 11.1. The molecule has 0 aliphatic heterocycles. The highest BCUT2D eigenvalue weighted by atomic mass is 16.5. The zero-order valence-corrected chi connectivity index (χ0v) is 11.1. The minimum atomic E-state index is 0.401. The van der Waals surface area contributed by atoms with Gasteiger partial charge in [0.1, 0.15) is 23.2 Å². The summed E-state index contributed by atoms with van der Waals surface area (Å²) in [4.78, 5) is 2.87. The van der Waals surface area contributed by atoms with E-state index in [0.717, 1.165) is 16.9 Å². The number of nitrogens with zero attached hydrogens (tertiary/aromatic N) is 1. The molecule has 0 aliphatic rings. The van der Waals surface area contributed by atoms with Crippen LogP contribution >= 0.6 is 0 Å². The Hall–Kier alpha value is -2.41. The smallest absolute Gasteiger partial charge is 0.119 e. The quantitative estimate of drug-likeness (QED) is 0.881. The number of ether oxygens (including phenoxy) is 1. The van der Waals surface area contributed by atoms with Gasteiger partial charge < -0.3 is 15.5 Å². The Morgan fingerprint density at radius 2 is 2.00 bits per heavy atom. The molecule has 0 radical (unpaired) electrons. The van der Waals surface area contributed by atoms with Crippen molar-refractivity contribution >= 4 is 5.82 Å². The largest absolute Gasteiger partial charge is 0.493 e. The van der Waals surface area contributed by atoms with Crippen molar-refractivity contribution in [3.8, 4) is 22.9 Å². The van der Waals surface area contributed by atoms with Gasteiger partial charge in [-0.15, -0.1) is 0 Å². The van der Waals surface area contributed by atoms with Crippen LogP contribution in [-0.4, -0.2) is 11.6 Å². The molecule has 2 aromatic rings. The number of nitrogens with two attached hydrogens (primary N) is 1. The summed E-state index contributed by atoms with van der Waals surface area (Å²) < 4.78 is 5.62. The van der Waals surface area contributed by atoms with E-state index < -0.39 is 0 Å². The van der Waals surface area contributed by atoms with Gasteiger partial charge in [0, 0.05) is 11.8 Å². The van der Waals surface area contributed by atoms with Crippen LogP contribution in [0.4, 0.5) is 5.82 Å². The first-order valence-electron chi connectivity index (χ1n) is 6.22. The standard InChI is InChI=1S/C15H17N3O/c1-10(2)9-19-12-5-3-11(4-6-12)14-8-18-15(17)13(14)7-16/h3-6,8,10,18H,9,17H2,1-2H3. The summed E-state index contributed by atoms with van der Waals surface area (Å²) in [5.74, 6) is 1.73. The maximum atomic E-state index is 9.07. The first kappa shape index (κ1) is 13.0. The van der Waals surface area contributed by atoms with Gasteiger partial charge in [-0.1, -0.05) is 26.0 Å². The highest BCUT2D eigenvalue weighted by molar-refractivity contribution is 5.76. The number of hydrogen-bond donors (Lipinski definition) is 2. The van der Waals surface area contributed by atoms with Gasteiger partial charge in [-0.2, -0.15) is 5.26 Å². The van der Waals surface area contributed by atoms with E-state index in [4.69, 9.17) is 15.7 Å². The Balaban J connectivity index is 2.21. The van der Waals surface area contributed by atoms with E-state index in [2.05, 4.69) is 24.9 Å². The number of benzene rings is 1. The summed E-state index contributed by atoms with van der Waals surface area (Å²) in [6, 6.07) is 9.78. The number of anilines is 1. The fourth-order valence-electron chi connectivity index (χ4n) is 1.78. The molecule has 0 unspecified atom stereocenters. The van der Waals surface area contributed by atoms with E-state index in [-0.39, 0.29) is 0 Å². The summed E-state index contributed by atoms with van der Waals surface area (Å²) in [5.41, 5.74) is 7.94. The van der Waals surface area contributed by atoms with E-state index in [1.165, 1.54) is 0 Å². The Morgan fingerprint density at radius 3 is 2.58 bits per heavy atom. The third kappa shape index (κ3) is 2.89. The van der Waals surface area contributed by atoms with Crippen molar-refractivity contribution < 1.29 is 4.74 Å². The van der Waals surface area contributed by atoms with Crippen molar-refractivity contribution in [1.82, 2.24) is 4.98 Å². The van der Waals surface area contributed by atoms with Crippen LogP contribution < -0.4 is 10.5 Å². The van der Waals surface area contributed by atoms with Crippen molar-refractivity contribution in [3.63, 3.8) is 0 Å². The van der Waals surface area contributed by atoms with E-state index in [9.17, 15) is 0 Å². The topological polar surface area (TPSA) is 74.8 Å². The lowest BCUT2D eigenvalue weighted by Gasteiger charge is -2.09. The molecule has 4 heteroatoms. The average Bonchev–Trinajstić information content (AvgIpc) is 2.78. The van der Waals surface area contributed by atoms with Crippen LogP contribution in [0.15, 0.2) is 30.5 Å². The first-order chi connectivity index (χ1) is 9.11. The molecule has 98 valence electrons. The maximum Gasteiger partial charge on any atom is 0.119 e. The lowest BCUT2D eigenvalue weighted by atomic mass is 10.0. The molecule has 4 nitrogen and oxygen atoms in total. The van der Waals surface area contributed by atoms with E-state index in [0.29, 0.717) is 23.9 Å². The van der Waals surface area contributed by atoms with Crippen molar-refractivity contribution in [1.29, 1.82) is 5.26 Å². The Morgan fingerprint density at radius 1 is 1.32 bits per heavy atom. The van der Waals surface area contributed by atoms with E-state index in [1.54, 1.807) is 6.20 Å². The van der Waals surface area contributed by atoms with Gasteiger partial charge in [0.05, 0.1) is 6.61 Å². The minimum absolute atomic E-state index is 0.401. The fourth-order valence-corrected chi connectivity index (χ4v) is 1.78. The van der Waals surface area contributed by atoms with Gasteiger partial charge in [-0.25, -0.2) is 0 Å². The van der Waals surface area contributed by atoms with Crippen molar-refractivity contribution in [2.24, 2.45) is 5.92 Å². The molecule has 1 aromatic heterocycles. The molecule has 1 aromatic carbocycles. The SMILES string of the molecule is CC(C)COc1ccc(-c2c[nH]c(N)c2C#N)cc1. The lowest BCUT2D eigenvalue weighted by molar-refractivity contribution is 0.271. The summed E-state index contributed by atoms with van der Waals surface area (Å²) in [6.45, 7) is 4.91. The molecule has 0 bridgehead atoms. The highest BCUT2D eigenvalue weighted by Crippen LogP contribution is 2.28. The summed E-state index contributed by atoms with van der Waals surface area (Å²) in [6.07, 6.45) is 1.75. The number of aromatic amines is 1. The normalized spacial score (nSPS) is 10.4. The van der Waals surface area contributed by atoms with Crippen LogP contribution in [0.2, 0.25) is 0 Å². The first-order valence-corrected chi connectivity index (χ1v) is 6.22. The van der Waals surface area contributed by atoms with Crippen LogP contribution in [0.3, 0.4) is 0 Å². The van der Waals surface area contributed by atoms with E-state index in [1.807, 2.05) is 24.3 Å². The van der Waals surface area contributed by atoms with Gasteiger partial charge in [-0.05, 0) is 23.6 Å². The lowest BCUT2D eigenvalue weighted by Crippen LogP contribution is -2.04. The van der Waals surface area contributed by atoms with E-state index >= 15 is 0 Å². The van der Waals surface area contributed by atoms with Gasteiger partial charge in [0.2, 0.25) is 0 Å². The molecule has 3 N–H and O–H groups in total. The van der Waals surface area contributed by atoms with Crippen LogP contribution in [0, 0.1) is 17.2 Å². The third-order valence-corrected chi connectivity index (χ3v) is 2.77. The molecule has 0 atom stereocenters. The average molecular weight is 255 g/mol.